The van der Waals surface area contributed by atoms with Crippen LogP contribution >= 0.6 is 11.3 Å². The Kier molecular flexibility index (Phi) is 6.52. The predicted molar refractivity (Wildman–Crippen MR) is 111 cm³/mol. The summed E-state index contributed by atoms with van der Waals surface area (Å²) >= 11 is 1.33. The molecule has 0 fully saturated rings. The molecule has 1 aliphatic heterocycles. The minimum absolute atomic E-state index is 0.317. The maximum atomic E-state index is 12.3. The fourth-order valence-electron chi connectivity index (χ4n) is 3.02. The second-order valence-electron chi connectivity index (χ2n) is 6.29. The monoisotopic (exact) mass is 411 g/mol. The maximum Gasteiger partial charge on any atom is 0.410 e. The quantitative estimate of drug-likeness (QED) is 0.756. The molecule has 8 heteroatoms. The van der Waals surface area contributed by atoms with Crippen LogP contribution in [0.3, 0.4) is 0 Å². The number of nitriles is 1. The lowest BCUT2D eigenvalue weighted by molar-refractivity contribution is -0.111. The van der Waals surface area contributed by atoms with Crippen molar-refractivity contribution in [1.29, 1.82) is 5.26 Å². The number of hydrogen-bond donors (Lipinski definition) is 1. The first kappa shape index (κ1) is 20.4. The maximum absolute atomic E-state index is 12.3. The first-order chi connectivity index (χ1) is 14.0. The summed E-state index contributed by atoms with van der Waals surface area (Å²) in [6.45, 7) is 2.95. The van der Waals surface area contributed by atoms with Gasteiger partial charge in [0.05, 0.1) is 25.8 Å². The molecule has 0 spiro atoms. The average molecular weight is 411 g/mol. The lowest BCUT2D eigenvalue weighted by atomic mass is 10.0. The summed E-state index contributed by atoms with van der Waals surface area (Å²) in [5, 5.41) is 12.9. The number of nitrogens with one attached hydrogen (secondary N) is 1. The van der Waals surface area contributed by atoms with Crippen LogP contribution < -0.4 is 10.1 Å². The zero-order chi connectivity index (χ0) is 20.8. The first-order valence-electron chi connectivity index (χ1n) is 9.15. The molecule has 7 nitrogen and oxygen atoms in total. The van der Waals surface area contributed by atoms with Gasteiger partial charge < -0.3 is 19.7 Å². The summed E-state index contributed by atoms with van der Waals surface area (Å²) in [5.41, 5.74) is 2.23. The van der Waals surface area contributed by atoms with Gasteiger partial charge >= 0.3 is 6.09 Å². The van der Waals surface area contributed by atoms with E-state index in [0.29, 0.717) is 36.7 Å². The Labute approximate surface area is 173 Å². The zero-order valence-corrected chi connectivity index (χ0v) is 17.0. The molecule has 0 unspecified atom stereocenters. The summed E-state index contributed by atoms with van der Waals surface area (Å²) in [5.74, 6) is 0.421. The highest BCUT2D eigenvalue weighted by molar-refractivity contribution is 7.16. The molecule has 0 saturated carbocycles. The Morgan fingerprint density at radius 1 is 1.34 bits per heavy atom. The molecule has 1 N–H and O–H groups in total. The van der Waals surface area contributed by atoms with E-state index in [0.717, 1.165) is 21.8 Å². The Balaban J connectivity index is 1.71. The summed E-state index contributed by atoms with van der Waals surface area (Å²) < 4.78 is 10.2. The van der Waals surface area contributed by atoms with Gasteiger partial charge in [-0.1, -0.05) is 12.1 Å². The highest BCUT2D eigenvalue weighted by Gasteiger charge is 2.27. The number of amides is 2. The van der Waals surface area contributed by atoms with Crippen LogP contribution in [0.4, 0.5) is 9.80 Å². The van der Waals surface area contributed by atoms with Crippen molar-refractivity contribution in [2.24, 2.45) is 0 Å². The summed E-state index contributed by atoms with van der Waals surface area (Å²) in [4.78, 5) is 26.8. The third kappa shape index (κ3) is 4.76. The molecule has 150 valence electrons. The SMILES string of the molecule is CCOC(=O)N1CCc2c(sc(NC(=O)/C=C/c3ccc(OC)cc3)c2C#N)C1. The fraction of sp³-hybridized carbons (Fsp3) is 0.286. The first-order valence-corrected chi connectivity index (χ1v) is 9.96. The smallest absolute Gasteiger partial charge is 0.410 e. The zero-order valence-electron chi connectivity index (χ0n) is 16.2. The Morgan fingerprint density at radius 3 is 2.76 bits per heavy atom. The number of ether oxygens (including phenoxy) is 2. The van der Waals surface area contributed by atoms with Crippen LogP contribution in [-0.4, -0.2) is 37.2 Å². The third-order valence-corrected chi connectivity index (χ3v) is 5.61. The van der Waals surface area contributed by atoms with Crippen LogP contribution in [0.25, 0.3) is 6.08 Å². The topological polar surface area (TPSA) is 91.7 Å². The summed E-state index contributed by atoms with van der Waals surface area (Å²) in [6, 6.07) is 9.50. The van der Waals surface area contributed by atoms with Gasteiger partial charge in [-0.25, -0.2) is 4.79 Å². The average Bonchev–Trinajstić information content (AvgIpc) is 3.08. The van der Waals surface area contributed by atoms with Gasteiger partial charge in [0.25, 0.3) is 0 Å². The van der Waals surface area contributed by atoms with E-state index in [2.05, 4.69) is 11.4 Å². The Hall–Kier alpha value is -3.31. The number of carbonyl (C=O) groups excluding carboxylic acids is 2. The van der Waals surface area contributed by atoms with E-state index < -0.39 is 0 Å². The standard InChI is InChI=1S/C21H21N3O4S/c1-3-28-21(26)24-11-10-16-17(12-22)20(29-18(16)13-24)23-19(25)9-6-14-4-7-15(27-2)8-5-14/h4-9H,3,10-11,13H2,1-2H3,(H,23,25)/b9-6+. The van der Waals surface area contributed by atoms with E-state index in [-0.39, 0.29) is 12.0 Å². The number of methoxy groups -OCH3 is 1. The Bertz CT molecular complexity index is 973. The minimum atomic E-state index is -0.363. The number of fused-ring (bicyclic) bond motifs is 1. The summed E-state index contributed by atoms with van der Waals surface area (Å²) in [7, 11) is 1.59. The lowest BCUT2D eigenvalue weighted by Gasteiger charge is -2.25. The number of anilines is 1. The van der Waals surface area contributed by atoms with Crippen LogP contribution in [0, 0.1) is 11.3 Å². The van der Waals surface area contributed by atoms with E-state index in [1.165, 1.54) is 17.4 Å². The molecule has 0 aliphatic carbocycles. The van der Waals surface area contributed by atoms with E-state index in [9.17, 15) is 14.9 Å². The van der Waals surface area contributed by atoms with Crippen molar-refractivity contribution in [1.82, 2.24) is 4.90 Å². The Morgan fingerprint density at radius 2 is 2.10 bits per heavy atom. The van der Waals surface area contributed by atoms with Crippen molar-refractivity contribution < 1.29 is 19.1 Å². The van der Waals surface area contributed by atoms with Crippen LogP contribution in [-0.2, 0) is 22.5 Å². The second kappa shape index (κ2) is 9.26. The molecule has 1 aliphatic rings. The van der Waals surface area contributed by atoms with Gasteiger partial charge in [-0.3, -0.25) is 4.79 Å². The molecule has 29 heavy (non-hydrogen) atoms. The van der Waals surface area contributed by atoms with Crippen LogP contribution in [0.1, 0.15) is 28.5 Å². The molecule has 2 amide bonds. The fourth-order valence-corrected chi connectivity index (χ4v) is 4.24. The molecule has 1 aromatic carbocycles. The highest BCUT2D eigenvalue weighted by atomic mass is 32.1. The van der Waals surface area contributed by atoms with Crippen LogP contribution in [0.2, 0.25) is 0 Å². The van der Waals surface area contributed by atoms with Crippen molar-refractivity contribution in [3.63, 3.8) is 0 Å². The van der Waals surface area contributed by atoms with Gasteiger partial charge in [-0.15, -0.1) is 11.3 Å². The van der Waals surface area contributed by atoms with E-state index in [1.54, 1.807) is 25.0 Å². The summed E-state index contributed by atoms with van der Waals surface area (Å²) in [6.07, 6.45) is 3.31. The predicted octanol–water partition coefficient (Wildman–Crippen LogP) is 3.79. The van der Waals surface area contributed by atoms with Gasteiger partial charge in [0.15, 0.2) is 0 Å². The third-order valence-electron chi connectivity index (χ3n) is 4.47. The van der Waals surface area contributed by atoms with Gasteiger partial charge in [-0.2, -0.15) is 5.26 Å². The van der Waals surface area contributed by atoms with Crippen molar-refractivity contribution in [2.75, 3.05) is 25.6 Å². The highest BCUT2D eigenvalue weighted by Crippen LogP contribution is 2.36. The van der Waals surface area contributed by atoms with E-state index >= 15 is 0 Å². The molecular formula is C21H21N3O4S. The number of rotatable bonds is 5. The largest absolute Gasteiger partial charge is 0.497 e. The van der Waals surface area contributed by atoms with Crippen molar-refractivity contribution in [3.8, 4) is 11.8 Å². The lowest BCUT2D eigenvalue weighted by Crippen LogP contribution is -2.35. The molecule has 2 heterocycles. The second-order valence-corrected chi connectivity index (χ2v) is 7.39. The van der Waals surface area contributed by atoms with Crippen molar-refractivity contribution in [3.05, 3.63) is 51.9 Å². The normalized spacial score (nSPS) is 12.9. The van der Waals surface area contributed by atoms with Crippen LogP contribution in [0.5, 0.6) is 5.75 Å². The van der Waals surface area contributed by atoms with Crippen molar-refractivity contribution in [2.45, 2.75) is 19.9 Å². The molecule has 2 aromatic rings. The molecule has 1 aromatic heterocycles. The number of thiophene rings is 1. The van der Waals surface area contributed by atoms with Crippen LogP contribution in [0.15, 0.2) is 30.3 Å². The molecule has 0 saturated heterocycles. The number of benzene rings is 1. The number of carbonyl (C=O) groups is 2. The van der Waals surface area contributed by atoms with Gasteiger partial charge in [-0.05, 0) is 42.7 Å². The minimum Gasteiger partial charge on any atom is -0.497 e. The van der Waals surface area contributed by atoms with Gasteiger partial charge in [0.2, 0.25) is 5.91 Å². The molecule has 0 atom stereocenters. The molecule has 3 rings (SSSR count). The number of nitrogens with zero attached hydrogens (tertiary/aromatic N) is 2. The number of hydrogen-bond acceptors (Lipinski definition) is 6. The van der Waals surface area contributed by atoms with E-state index in [1.807, 2.05) is 24.3 Å². The van der Waals surface area contributed by atoms with Gasteiger partial charge in [0, 0.05) is 17.5 Å². The molecule has 0 bridgehead atoms. The van der Waals surface area contributed by atoms with Gasteiger partial charge in [0.1, 0.15) is 16.8 Å². The molecular weight excluding hydrogens is 390 g/mol. The van der Waals surface area contributed by atoms with Crippen molar-refractivity contribution >= 4 is 34.4 Å². The van der Waals surface area contributed by atoms with E-state index in [4.69, 9.17) is 9.47 Å². The molecule has 0 radical (unpaired) electrons.